The third kappa shape index (κ3) is 6.19. The number of aryl methyl sites for hydroxylation is 1. The van der Waals surface area contributed by atoms with Gasteiger partial charge in [0, 0.05) is 13.5 Å². The number of rotatable bonds is 9. The third-order valence-electron chi connectivity index (χ3n) is 3.11. The lowest BCUT2D eigenvalue weighted by Gasteiger charge is -2.25. The van der Waals surface area contributed by atoms with Crippen LogP contribution in [0.2, 0.25) is 0 Å². The molecule has 0 aliphatic heterocycles. The monoisotopic (exact) mass is 331 g/mol. The van der Waals surface area contributed by atoms with Crippen LogP contribution >= 0.6 is 0 Å². The topological polar surface area (TPSA) is 84.9 Å². The van der Waals surface area contributed by atoms with E-state index < -0.39 is 24.0 Å². The summed E-state index contributed by atoms with van der Waals surface area (Å²) >= 11 is 0. The lowest BCUT2D eigenvalue weighted by molar-refractivity contribution is -0.149. The van der Waals surface area contributed by atoms with Crippen molar-refractivity contribution < 1.29 is 33.0 Å². The number of alkyl halides is 2. The van der Waals surface area contributed by atoms with Crippen LogP contribution in [-0.4, -0.2) is 42.9 Å². The minimum atomic E-state index is -2.89. The molecule has 0 bridgehead atoms. The van der Waals surface area contributed by atoms with Crippen LogP contribution < -0.4 is 10.1 Å². The average molecular weight is 331 g/mol. The Kier molecular flexibility index (Phi) is 6.89. The van der Waals surface area contributed by atoms with E-state index in [2.05, 4.69) is 10.1 Å². The first-order valence-electron chi connectivity index (χ1n) is 6.84. The zero-order valence-corrected chi connectivity index (χ0v) is 12.8. The van der Waals surface area contributed by atoms with Crippen LogP contribution in [-0.2, 0) is 20.7 Å². The molecular formula is C15H19F2NO5. The molecule has 1 amide bonds. The highest BCUT2D eigenvalue weighted by molar-refractivity contribution is 5.86. The summed E-state index contributed by atoms with van der Waals surface area (Å²) in [6.45, 7) is -1.69. The van der Waals surface area contributed by atoms with Gasteiger partial charge in [0.1, 0.15) is 5.75 Å². The summed E-state index contributed by atoms with van der Waals surface area (Å²) in [5.41, 5.74) is -0.758. The van der Waals surface area contributed by atoms with Crippen molar-refractivity contribution in [1.29, 1.82) is 0 Å². The number of carboxylic acid groups (broad SMARTS) is 1. The fraction of sp³-hybridized carbons (Fsp3) is 0.467. The van der Waals surface area contributed by atoms with E-state index in [-0.39, 0.29) is 18.8 Å². The molecule has 1 aromatic carbocycles. The minimum Gasteiger partial charge on any atom is -0.479 e. The summed E-state index contributed by atoms with van der Waals surface area (Å²) in [5, 5.41) is 11.5. The maximum absolute atomic E-state index is 12.0. The molecule has 0 saturated heterocycles. The number of hydrogen-bond donors (Lipinski definition) is 2. The molecule has 0 heterocycles. The molecule has 0 aliphatic carbocycles. The highest BCUT2D eigenvalue weighted by Gasteiger charge is 2.34. The number of hydrogen-bond acceptors (Lipinski definition) is 4. The number of nitrogens with one attached hydrogen (secondary N) is 1. The molecule has 1 atom stereocenters. The summed E-state index contributed by atoms with van der Waals surface area (Å²) < 4.78 is 33.1. The van der Waals surface area contributed by atoms with E-state index in [0.29, 0.717) is 6.42 Å². The molecule has 1 aromatic rings. The molecule has 0 fully saturated rings. The first kappa shape index (κ1) is 18.8. The van der Waals surface area contributed by atoms with Gasteiger partial charge in [-0.15, -0.1) is 0 Å². The van der Waals surface area contributed by atoms with E-state index >= 15 is 0 Å². The smallest absolute Gasteiger partial charge is 0.387 e. The maximum Gasteiger partial charge on any atom is 0.387 e. The van der Waals surface area contributed by atoms with Gasteiger partial charge < -0.3 is 19.9 Å². The average Bonchev–Trinajstić information content (AvgIpc) is 2.46. The Morgan fingerprint density at radius 2 is 1.91 bits per heavy atom. The number of halogens is 2. The lowest BCUT2D eigenvalue weighted by atomic mass is 10.0. The molecule has 0 saturated carbocycles. The molecule has 0 aliphatic rings. The highest BCUT2D eigenvalue weighted by Crippen LogP contribution is 2.16. The fourth-order valence-electron chi connectivity index (χ4n) is 1.91. The van der Waals surface area contributed by atoms with Gasteiger partial charge in [-0.05, 0) is 31.0 Å². The first-order chi connectivity index (χ1) is 10.8. The largest absolute Gasteiger partial charge is 0.479 e. The second kappa shape index (κ2) is 8.42. The van der Waals surface area contributed by atoms with Gasteiger partial charge >= 0.3 is 12.6 Å². The van der Waals surface area contributed by atoms with E-state index in [1.807, 2.05) is 0 Å². The number of ether oxygens (including phenoxy) is 2. The second-order valence-electron chi connectivity index (χ2n) is 5.14. The quantitative estimate of drug-likeness (QED) is 0.721. The second-order valence-corrected chi connectivity index (χ2v) is 5.14. The first-order valence-corrected chi connectivity index (χ1v) is 6.84. The molecule has 6 nitrogen and oxygen atoms in total. The standard InChI is InChI=1S/C15H19F2NO5/c1-15(9-22-2,13(20)21)18-12(19)8-5-10-3-6-11(7-4-10)23-14(16)17/h3-4,6-7,14H,5,8-9H2,1-2H3,(H,18,19)(H,20,21). The van der Waals surface area contributed by atoms with Gasteiger partial charge in [-0.25, -0.2) is 4.79 Å². The van der Waals surface area contributed by atoms with Crippen molar-refractivity contribution in [3.63, 3.8) is 0 Å². The summed E-state index contributed by atoms with van der Waals surface area (Å²) in [6.07, 6.45) is 0.394. The van der Waals surface area contributed by atoms with E-state index in [4.69, 9.17) is 9.84 Å². The summed E-state index contributed by atoms with van der Waals surface area (Å²) in [7, 11) is 1.34. The SMILES string of the molecule is COCC(C)(NC(=O)CCc1ccc(OC(F)F)cc1)C(=O)O. The van der Waals surface area contributed by atoms with Crippen LogP contribution in [0.3, 0.4) is 0 Å². The molecule has 0 radical (unpaired) electrons. The van der Waals surface area contributed by atoms with Crippen LogP contribution in [0.5, 0.6) is 5.75 Å². The summed E-state index contributed by atoms with van der Waals surface area (Å²) in [5.74, 6) is -1.60. The molecule has 8 heteroatoms. The van der Waals surface area contributed by atoms with E-state index in [9.17, 15) is 18.4 Å². The number of carbonyl (C=O) groups is 2. The zero-order chi connectivity index (χ0) is 17.5. The van der Waals surface area contributed by atoms with E-state index in [1.165, 1.54) is 26.2 Å². The van der Waals surface area contributed by atoms with Crippen LogP contribution in [0.15, 0.2) is 24.3 Å². The van der Waals surface area contributed by atoms with Crippen molar-refractivity contribution >= 4 is 11.9 Å². The third-order valence-corrected chi connectivity index (χ3v) is 3.11. The van der Waals surface area contributed by atoms with Gasteiger partial charge in [-0.2, -0.15) is 8.78 Å². The van der Waals surface area contributed by atoms with Crippen molar-refractivity contribution in [2.75, 3.05) is 13.7 Å². The van der Waals surface area contributed by atoms with Crippen LogP contribution in [0.4, 0.5) is 8.78 Å². The summed E-state index contributed by atoms with van der Waals surface area (Å²) in [4.78, 5) is 23.0. The van der Waals surface area contributed by atoms with Crippen molar-refractivity contribution in [1.82, 2.24) is 5.32 Å². The van der Waals surface area contributed by atoms with Crippen molar-refractivity contribution in [2.45, 2.75) is 31.9 Å². The number of carbonyl (C=O) groups excluding carboxylic acids is 1. The fourth-order valence-corrected chi connectivity index (χ4v) is 1.91. The van der Waals surface area contributed by atoms with Crippen molar-refractivity contribution in [3.05, 3.63) is 29.8 Å². The Morgan fingerprint density at radius 3 is 2.39 bits per heavy atom. The number of methoxy groups -OCH3 is 1. The predicted molar refractivity (Wildman–Crippen MR) is 77.5 cm³/mol. The number of amides is 1. The minimum absolute atomic E-state index is 0.0340. The van der Waals surface area contributed by atoms with Crippen molar-refractivity contribution in [3.8, 4) is 5.75 Å². The highest BCUT2D eigenvalue weighted by atomic mass is 19.3. The van der Waals surface area contributed by atoms with Gasteiger partial charge in [-0.1, -0.05) is 12.1 Å². The molecule has 1 unspecified atom stereocenters. The van der Waals surface area contributed by atoms with Crippen molar-refractivity contribution in [2.24, 2.45) is 0 Å². The predicted octanol–water partition coefficient (Wildman–Crippen LogP) is 1.83. The van der Waals surface area contributed by atoms with Crippen LogP contribution in [0.25, 0.3) is 0 Å². The molecule has 0 spiro atoms. The van der Waals surface area contributed by atoms with E-state index in [1.54, 1.807) is 12.1 Å². The number of carboxylic acids is 1. The molecule has 0 aromatic heterocycles. The molecule has 2 N–H and O–H groups in total. The maximum atomic E-state index is 12.0. The Balaban J connectivity index is 2.54. The van der Waals surface area contributed by atoms with Gasteiger partial charge in [0.15, 0.2) is 5.54 Å². The molecule has 1 rings (SSSR count). The Bertz CT molecular complexity index is 535. The Labute approximate surface area is 132 Å². The molecular weight excluding hydrogens is 312 g/mol. The van der Waals surface area contributed by atoms with Gasteiger partial charge in [0.2, 0.25) is 5.91 Å². The van der Waals surface area contributed by atoms with Gasteiger partial charge in [0.05, 0.1) is 6.61 Å². The lowest BCUT2D eigenvalue weighted by Crippen LogP contribution is -2.55. The normalized spacial score (nSPS) is 13.4. The van der Waals surface area contributed by atoms with Gasteiger partial charge in [-0.3, -0.25) is 4.79 Å². The number of aliphatic carboxylic acids is 1. The molecule has 128 valence electrons. The van der Waals surface area contributed by atoms with E-state index in [0.717, 1.165) is 5.56 Å². The van der Waals surface area contributed by atoms with Crippen LogP contribution in [0.1, 0.15) is 18.9 Å². The molecule has 23 heavy (non-hydrogen) atoms. The number of benzene rings is 1. The Morgan fingerprint density at radius 1 is 1.30 bits per heavy atom. The van der Waals surface area contributed by atoms with Gasteiger partial charge in [0.25, 0.3) is 0 Å². The van der Waals surface area contributed by atoms with Crippen LogP contribution in [0, 0.1) is 0 Å². The summed E-state index contributed by atoms with van der Waals surface area (Å²) in [6, 6.07) is 5.89. The Hall–Kier alpha value is -2.22. The zero-order valence-electron chi connectivity index (χ0n) is 12.8.